The highest BCUT2D eigenvalue weighted by molar-refractivity contribution is 6.15. The van der Waals surface area contributed by atoms with E-state index in [1.165, 1.54) is 4.90 Å². The average Bonchev–Trinajstić information content (AvgIpc) is 3.35. The lowest BCUT2D eigenvalue weighted by atomic mass is 10.0. The van der Waals surface area contributed by atoms with E-state index in [-0.39, 0.29) is 23.5 Å². The molecule has 1 heterocycles. The van der Waals surface area contributed by atoms with Gasteiger partial charge in [0.1, 0.15) is 12.1 Å². The Hall–Kier alpha value is -4.30. The number of nitrogens with one attached hydrogen (secondary N) is 3. The summed E-state index contributed by atoms with van der Waals surface area (Å²) in [5, 5.41) is 8.65. The monoisotopic (exact) mass is 526 g/mol. The maximum Gasteiger partial charge on any atom is 0.250 e. The summed E-state index contributed by atoms with van der Waals surface area (Å²) >= 11 is 0. The van der Waals surface area contributed by atoms with Crippen LogP contribution in [0, 0.1) is 5.92 Å². The molecule has 0 aromatic heterocycles. The minimum Gasteiger partial charge on any atom is -0.343 e. The smallest absolute Gasteiger partial charge is 0.250 e. The van der Waals surface area contributed by atoms with Crippen LogP contribution in [0.4, 0.5) is 11.4 Å². The van der Waals surface area contributed by atoms with Gasteiger partial charge in [0.05, 0.1) is 11.7 Å². The Labute approximate surface area is 228 Å². The normalized spacial score (nSPS) is 15.8. The second-order valence-electron chi connectivity index (χ2n) is 10.0. The first-order valence-corrected chi connectivity index (χ1v) is 13.1. The lowest BCUT2D eigenvalue weighted by molar-refractivity contribution is -0.130. The molecule has 8 heteroatoms. The van der Waals surface area contributed by atoms with Gasteiger partial charge in [0.15, 0.2) is 5.78 Å². The highest BCUT2D eigenvalue weighted by atomic mass is 16.2. The Bertz CT molecular complexity index is 1370. The number of benzene rings is 3. The summed E-state index contributed by atoms with van der Waals surface area (Å²) in [5.41, 5.74) is 2.74. The Balaban J connectivity index is 1.64. The van der Waals surface area contributed by atoms with Crippen molar-refractivity contribution < 1.29 is 19.2 Å². The number of likely N-dealkylation sites (N-methyl/N-ethyl adjacent to an activating group) is 1. The summed E-state index contributed by atoms with van der Waals surface area (Å²) in [6, 6.07) is 20.9. The van der Waals surface area contributed by atoms with E-state index in [0.717, 1.165) is 5.56 Å². The van der Waals surface area contributed by atoms with Gasteiger partial charge in [-0.1, -0.05) is 74.5 Å². The maximum atomic E-state index is 14.0. The maximum absolute atomic E-state index is 14.0. The summed E-state index contributed by atoms with van der Waals surface area (Å²) in [6.45, 7) is 5.43. The van der Waals surface area contributed by atoms with Crippen LogP contribution in [0.3, 0.4) is 0 Å². The molecule has 3 aromatic rings. The summed E-state index contributed by atoms with van der Waals surface area (Å²) in [5.74, 6) is -1.50. The highest BCUT2D eigenvalue weighted by Crippen LogP contribution is 2.34. The van der Waals surface area contributed by atoms with E-state index in [0.29, 0.717) is 28.9 Å². The third-order valence-corrected chi connectivity index (χ3v) is 7.04. The number of para-hydroxylation sites is 2. The van der Waals surface area contributed by atoms with Crippen molar-refractivity contribution in [3.63, 3.8) is 0 Å². The second-order valence-corrected chi connectivity index (χ2v) is 10.0. The van der Waals surface area contributed by atoms with Crippen LogP contribution in [-0.2, 0) is 20.8 Å². The third kappa shape index (κ3) is 5.91. The van der Waals surface area contributed by atoms with E-state index < -0.39 is 24.0 Å². The van der Waals surface area contributed by atoms with E-state index in [1.807, 2.05) is 44.2 Å². The van der Waals surface area contributed by atoms with E-state index >= 15 is 0 Å². The number of carbonyl (C=O) groups is 4. The van der Waals surface area contributed by atoms with E-state index in [9.17, 15) is 19.2 Å². The topological polar surface area (TPSA) is 108 Å². The largest absolute Gasteiger partial charge is 0.343 e. The molecule has 0 fully saturated rings. The number of nitrogens with zero attached hydrogens (tertiary/aromatic N) is 1. The van der Waals surface area contributed by atoms with E-state index in [1.54, 1.807) is 62.5 Å². The predicted molar refractivity (Wildman–Crippen MR) is 152 cm³/mol. The minimum atomic E-state index is -0.852. The van der Waals surface area contributed by atoms with Gasteiger partial charge < -0.3 is 16.0 Å². The first-order valence-electron chi connectivity index (χ1n) is 13.1. The van der Waals surface area contributed by atoms with Crippen LogP contribution in [-0.4, -0.2) is 48.7 Å². The number of anilines is 2. The lowest BCUT2D eigenvalue weighted by Crippen LogP contribution is -2.57. The van der Waals surface area contributed by atoms with Gasteiger partial charge >= 0.3 is 0 Å². The van der Waals surface area contributed by atoms with Crippen LogP contribution in [0.5, 0.6) is 0 Å². The molecule has 8 nitrogen and oxygen atoms in total. The molecule has 0 spiro atoms. The number of hydrogen-bond acceptors (Lipinski definition) is 5. The SMILES string of the molecule is CN[C@@H](C)C(=O)NC(C(=O)N1c2ccccc2CC1C(=O)Nc1ccccc1C(=O)c1ccccc1)C(C)C. The molecule has 1 aliphatic heterocycles. The molecule has 202 valence electrons. The first-order chi connectivity index (χ1) is 18.7. The van der Waals surface area contributed by atoms with Gasteiger partial charge in [-0.2, -0.15) is 0 Å². The van der Waals surface area contributed by atoms with Crippen LogP contribution >= 0.6 is 0 Å². The van der Waals surface area contributed by atoms with Crippen molar-refractivity contribution in [3.05, 3.63) is 95.6 Å². The molecule has 39 heavy (non-hydrogen) atoms. The molecule has 3 N–H and O–H groups in total. The quantitative estimate of drug-likeness (QED) is 0.370. The molecular formula is C31H34N4O4. The van der Waals surface area contributed by atoms with Crippen molar-refractivity contribution in [1.82, 2.24) is 10.6 Å². The lowest BCUT2D eigenvalue weighted by Gasteiger charge is -2.31. The number of amides is 3. The molecule has 0 saturated heterocycles. The Morgan fingerprint density at radius 2 is 1.49 bits per heavy atom. The molecule has 0 saturated carbocycles. The van der Waals surface area contributed by atoms with Gasteiger partial charge in [-0.05, 0) is 43.7 Å². The summed E-state index contributed by atoms with van der Waals surface area (Å²) in [7, 11) is 1.67. The van der Waals surface area contributed by atoms with Gasteiger partial charge in [-0.25, -0.2) is 0 Å². The fourth-order valence-corrected chi connectivity index (χ4v) is 4.69. The highest BCUT2D eigenvalue weighted by Gasteiger charge is 2.42. The number of ketones is 1. The molecule has 0 aliphatic carbocycles. The Morgan fingerprint density at radius 1 is 0.846 bits per heavy atom. The first kappa shape index (κ1) is 27.7. The van der Waals surface area contributed by atoms with Crippen LogP contribution in [0.25, 0.3) is 0 Å². The van der Waals surface area contributed by atoms with Gasteiger partial charge in [0.2, 0.25) is 11.8 Å². The third-order valence-electron chi connectivity index (χ3n) is 7.04. The Kier molecular flexibility index (Phi) is 8.56. The van der Waals surface area contributed by atoms with Crippen molar-refractivity contribution in [2.24, 2.45) is 5.92 Å². The van der Waals surface area contributed by atoms with Crippen LogP contribution in [0.2, 0.25) is 0 Å². The van der Waals surface area contributed by atoms with E-state index in [4.69, 9.17) is 0 Å². The van der Waals surface area contributed by atoms with Crippen molar-refractivity contribution in [1.29, 1.82) is 0 Å². The zero-order valence-corrected chi connectivity index (χ0v) is 22.6. The van der Waals surface area contributed by atoms with Crippen molar-refractivity contribution >= 4 is 34.9 Å². The molecule has 0 radical (unpaired) electrons. The predicted octanol–water partition coefficient (Wildman–Crippen LogP) is 3.56. The summed E-state index contributed by atoms with van der Waals surface area (Å²) < 4.78 is 0. The molecule has 3 atom stereocenters. The molecule has 2 unspecified atom stereocenters. The summed E-state index contributed by atoms with van der Waals surface area (Å²) in [6.07, 6.45) is 0.314. The number of carbonyl (C=O) groups excluding carboxylic acids is 4. The number of rotatable bonds is 9. The average molecular weight is 527 g/mol. The number of hydrogen-bond donors (Lipinski definition) is 3. The fraction of sp³-hybridized carbons (Fsp3) is 0.290. The zero-order chi connectivity index (χ0) is 28.1. The van der Waals surface area contributed by atoms with Crippen LogP contribution in [0.15, 0.2) is 78.9 Å². The zero-order valence-electron chi connectivity index (χ0n) is 22.6. The van der Waals surface area contributed by atoms with Crippen molar-refractivity contribution in [2.75, 3.05) is 17.3 Å². The van der Waals surface area contributed by atoms with Crippen molar-refractivity contribution in [2.45, 2.75) is 45.3 Å². The van der Waals surface area contributed by atoms with Crippen LogP contribution in [0.1, 0.15) is 42.3 Å². The molecule has 0 bridgehead atoms. The van der Waals surface area contributed by atoms with Gasteiger partial charge in [-0.3, -0.25) is 24.1 Å². The molecule has 1 aliphatic rings. The summed E-state index contributed by atoms with van der Waals surface area (Å²) in [4.78, 5) is 55.1. The van der Waals surface area contributed by atoms with Crippen molar-refractivity contribution in [3.8, 4) is 0 Å². The standard InChI is InChI=1S/C31H34N4O4/c1-19(2)27(34-29(37)20(3)32-4)31(39)35-25-17-11-8-14-22(25)18-26(35)30(38)33-24-16-10-9-15-23(24)28(36)21-12-6-5-7-13-21/h5-17,19-20,26-27,32H,18H2,1-4H3,(H,33,38)(H,34,37)/t20-,26?,27?/m0/s1. The van der Waals surface area contributed by atoms with E-state index in [2.05, 4.69) is 16.0 Å². The second kappa shape index (κ2) is 12.0. The van der Waals surface area contributed by atoms with Gasteiger partial charge in [0, 0.05) is 23.2 Å². The van der Waals surface area contributed by atoms with Gasteiger partial charge in [-0.15, -0.1) is 0 Å². The number of fused-ring (bicyclic) bond motifs is 1. The molecule has 4 rings (SSSR count). The fourth-order valence-electron chi connectivity index (χ4n) is 4.69. The minimum absolute atomic E-state index is 0.213. The molecule has 3 amide bonds. The van der Waals surface area contributed by atoms with Gasteiger partial charge in [0.25, 0.3) is 5.91 Å². The molecule has 3 aromatic carbocycles. The molecular weight excluding hydrogens is 492 g/mol. The Morgan fingerprint density at radius 3 is 2.18 bits per heavy atom. The van der Waals surface area contributed by atoms with Crippen LogP contribution < -0.4 is 20.9 Å².